The van der Waals surface area contributed by atoms with Crippen molar-refractivity contribution in [2.75, 3.05) is 0 Å². The maximum atomic E-state index is 5.56. The molecule has 2 aromatic rings. The molecular weight excluding hydrogens is 234 g/mol. The Kier molecular flexibility index (Phi) is 3.78. The smallest absolute Gasteiger partial charge is 0.142 e. The molecule has 2 heteroatoms. The normalized spacial score (nSPS) is 15.5. The fourth-order valence-electron chi connectivity index (χ4n) is 2.66. The fraction of sp³-hybridized carbons (Fsp3) is 0.353. The van der Waals surface area contributed by atoms with Crippen molar-refractivity contribution in [3.8, 4) is 0 Å². The van der Waals surface area contributed by atoms with Crippen LogP contribution in [0.25, 0.3) is 10.8 Å². The Morgan fingerprint density at radius 3 is 2.58 bits per heavy atom. The molecule has 0 heterocycles. The van der Waals surface area contributed by atoms with Crippen LogP contribution in [-0.4, -0.2) is 5.71 Å². The van der Waals surface area contributed by atoms with Crippen LogP contribution in [0.2, 0.25) is 0 Å². The zero-order chi connectivity index (χ0) is 12.9. The van der Waals surface area contributed by atoms with Gasteiger partial charge in [0.1, 0.15) is 6.61 Å². The summed E-state index contributed by atoms with van der Waals surface area (Å²) < 4.78 is 0. The second kappa shape index (κ2) is 5.87. The highest BCUT2D eigenvalue weighted by Crippen LogP contribution is 2.20. The number of hydrogen-bond donors (Lipinski definition) is 0. The molecule has 0 saturated heterocycles. The summed E-state index contributed by atoms with van der Waals surface area (Å²) in [6.07, 6.45) is 6.07. The van der Waals surface area contributed by atoms with Crippen LogP contribution in [0.3, 0.4) is 0 Å². The second-order valence-electron chi connectivity index (χ2n) is 5.13. The van der Waals surface area contributed by atoms with Crippen molar-refractivity contribution in [2.45, 2.75) is 38.7 Å². The molecule has 0 bridgehead atoms. The molecule has 0 spiro atoms. The van der Waals surface area contributed by atoms with Crippen LogP contribution in [-0.2, 0) is 11.4 Å². The Balaban J connectivity index is 1.71. The number of hydrogen-bond acceptors (Lipinski definition) is 2. The molecule has 98 valence electrons. The van der Waals surface area contributed by atoms with Crippen molar-refractivity contribution in [2.24, 2.45) is 5.16 Å². The number of benzene rings is 2. The van der Waals surface area contributed by atoms with Crippen LogP contribution in [0.4, 0.5) is 0 Å². The number of oxime groups is 1. The zero-order valence-corrected chi connectivity index (χ0v) is 11.1. The van der Waals surface area contributed by atoms with E-state index in [2.05, 4.69) is 47.6 Å². The molecule has 1 aliphatic carbocycles. The van der Waals surface area contributed by atoms with Gasteiger partial charge >= 0.3 is 0 Å². The summed E-state index contributed by atoms with van der Waals surface area (Å²) in [5, 5.41) is 6.82. The monoisotopic (exact) mass is 253 g/mol. The van der Waals surface area contributed by atoms with E-state index in [-0.39, 0.29) is 0 Å². The number of nitrogens with zero attached hydrogens (tertiary/aromatic N) is 1. The fourth-order valence-corrected chi connectivity index (χ4v) is 2.66. The van der Waals surface area contributed by atoms with Gasteiger partial charge in [-0.3, -0.25) is 0 Å². The molecule has 1 fully saturated rings. The third kappa shape index (κ3) is 2.95. The highest BCUT2D eigenvalue weighted by molar-refractivity contribution is 5.86. The lowest BCUT2D eigenvalue weighted by Crippen LogP contribution is -2.05. The summed E-state index contributed by atoms with van der Waals surface area (Å²) >= 11 is 0. The Hall–Kier alpha value is -1.83. The first-order valence-electron chi connectivity index (χ1n) is 7.08. The summed E-state index contributed by atoms with van der Waals surface area (Å²) in [5.74, 6) is 0. The van der Waals surface area contributed by atoms with Gasteiger partial charge in [-0.05, 0) is 42.0 Å². The van der Waals surface area contributed by atoms with E-state index in [1.807, 2.05) is 0 Å². The van der Waals surface area contributed by atoms with Crippen molar-refractivity contribution >= 4 is 16.5 Å². The van der Waals surface area contributed by atoms with Gasteiger partial charge in [-0.1, -0.05) is 54.0 Å². The van der Waals surface area contributed by atoms with Gasteiger partial charge in [-0.25, -0.2) is 0 Å². The predicted molar refractivity (Wildman–Crippen MR) is 79.3 cm³/mol. The summed E-state index contributed by atoms with van der Waals surface area (Å²) in [7, 11) is 0. The van der Waals surface area contributed by atoms with Gasteiger partial charge in [-0.2, -0.15) is 0 Å². The molecule has 1 saturated carbocycles. The quantitative estimate of drug-likeness (QED) is 0.728. The molecule has 19 heavy (non-hydrogen) atoms. The van der Waals surface area contributed by atoms with Crippen molar-refractivity contribution < 1.29 is 4.84 Å². The van der Waals surface area contributed by atoms with Crippen molar-refractivity contribution in [1.82, 2.24) is 0 Å². The number of fused-ring (bicyclic) bond motifs is 1. The molecule has 1 aliphatic rings. The van der Waals surface area contributed by atoms with Crippen LogP contribution in [0, 0.1) is 0 Å². The van der Waals surface area contributed by atoms with Crippen LogP contribution in [0.5, 0.6) is 0 Å². The van der Waals surface area contributed by atoms with Crippen LogP contribution in [0.1, 0.15) is 37.7 Å². The van der Waals surface area contributed by atoms with Crippen molar-refractivity contribution in [3.05, 3.63) is 48.0 Å². The lowest BCUT2D eigenvalue weighted by atomic mass is 9.99. The van der Waals surface area contributed by atoms with Gasteiger partial charge in [0.05, 0.1) is 5.71 Å². The zero-order valence-electron chi connectivity index (χ0n) is 11.1. The molecule has 0 amide bonds. The van der Waals surface area contributed by atoms with Crippen molar-refractivity contribution in [3.63, 3.8) is 0 Å². The van der Waals surface area contributed by atoms with E-state index in [1.54, 1.807) is 0 Å². The SMILES string of the molecule is c1ccc2c(CON=C3CCCCC3)cccc2c1. The summed E-state index contributed by atoms with van der Waals surface area (Å²) in [5.41, 5.74) is 2.43. The van der Waals surface area contributed by atoms with E-state index in [9.17, 15) is 0 Å². The highest BCUT2D eigenvalue weighted by Gasteiger charge is 2.07. The first-order valence-corrected chi connectivity index (χ1v) is 7.08. The highest BCUT2D eigenvalue weighted by atomic mass is 16.6. The minimum Gasteiger partial charge on any atom is -0.391 e. The Bertz CT molecular complexity index is 575. The predicted octanol–water partition coefficient (Wildman–Crippen LogP) is 4.68. The van der Waals surface area contributed by atoms with Crippen molar-refractivity contribution in [1.29, 1.82) is 0 Å². The van der Waals surface area contributed by atoms with E-state index in [0.717, 1.165) is 12.8 Å². The average Bonchev–Trinajstić information content (AvgIpc) is 2.49. The van der Waals surface area contributed by atoms with Crippen LogP contribution >= 0.6 is 0 Å². The van der Waals surface area contributed by atoms with Gasteiger partial charge in [0.2, 0.25) is 0 Å². The number of rotatable bonds is 3. The van der Waals surface area contributed by atoms with Crippen LogP contribution < -0.4 is 0 Å². The second-order valence-corrected chi connectivity index (χ2v) is 5.13. The Morgan fingerprint density at radius 1 is 0.895 bits per heavy atom. The summed E-state index contributed by atoms with van der Waals surface area (Å²) in [4.78, 5) is 5.56. The maximum Gasteiger partial charge on any atom is 0.142 e. The maximum absolute atomic E-state index is 5.56. The standard InChI is InChI=1S/C17H19NO/c1-2-10-16(11-3-1)18-19-13-15-9-6-8-14-7-4-5-12-17(14)15/h4-9,12H,1-3,10-11,13H2. The molecule has 0 aliphatic heterocycles. The minimum absolute atomic E-state index is 0.560. The molecule has 0 unspecified atom stereocenters. The average molecular weight is 253 g/mol. The van der Waals surface area contributed by atoms with Gasteiger partial charge in [0, 0.05) is 0 Å². The van der Waals surface area contributed by atoms with Gasteiger partial charge in [0.15, 0.2) is 0 Å². The van der Waals surface area contributed by atoms with Gasteiger partial charge < -0.3 is 4.84 Å². The van der Waals surface area contributed by atoms with Crippen LogP contribution in [0.15, 0.2) is 47.6 Å². The van der Waals surface area contributed by atoms with E-state index in [0.29, 0.717) is 6.61 Å². The third-order valence-corrected chi connectivity index (χ3v) is 3.72. The molecule has 0 atom stereocenters. The largest absolute Gasteiger partial charge is 0.391 e. The molecule has 0 N–H and O–H groups in total. The minimum atomic E-state index is 0.560. The van der Waals surface area contributed by atoms with Gasteiger partial charge in [0.25, 0.3) is 0 Å². The first kappa shape index (κ1) is 12.2. The van der Waals surface area contributed by atoms with E-state index >= 15 is 0 Å². The lowest BCUT2D eigenvalue weighted by Gasteiger charge is -2.12. The van der Waals surface area contributed by atoms with Gasteiger partial charge in [-0.15, -0.1) is 0 Å². The molecule has 2 nitrogen and oxygen atoms in total. The summed E-state index contributed by atoms with van der Waals surface area (Å²) in [6, 6.07) is 14.7. The van der Waals surface area contributed by atoms with E-state index in [1.165, 1.54) is 41.3 Å². The lowest BCUT2D eigenvalue weighted by molar-refractivity contribution is 0.129. The Morgan fingerprint density at radius 2 is 1.68 bits per heavy atom. The molecule has 0 radical (unpaired) electrons. The molecule has 3 rings (SSSR count). The topological polar surface area (TPSA) is 21.6 Å². The van der Waals surface area contributed by atoms with E-state index < -0.39 is 0 Å². The molecule has 2 aromatic carbocycles. The Labute approximate surface area is 114 Å². The summed E-state index contributed by atoms with van der Waals surface area (Å²) in [6.45, 7) is 0.560. The first-order chi connectivity index (χ1) is 9.43. The van der Waals surface area contributed by atoms with E-state index in [4.69, 9.17) is 4.84 Å². The molecular formula is C17H19NO. The molecule has 0 aromatic heterocycles. The third-order valence-electron chi connectivity index (χ3n) is 3.72.